The van der Waals surface area contributed by atoms with Gasteiger partial charge in [0.1, 0.15) is 0 Å². The molecule has 0 aromatic carbocycles. The van der Waals surface area contributed by atoms with Crippen molar-refractivity contribution in [2.24, 2.45) is 11.3 Å². The van der Waals surface area contributed by atoms with Gasteiger partial charge in [-0.25, -0.2) is 10.4 Å². The van der Waals surface area contributed by atoms with Gasteiger partial charge in [-0.3, -0.25) is 20.0 Å². The molecule has 9 heteroatoms. The zero-order valence-corrected chi connectivity index (χ0v) is 16.7. The van der Waals surface area contributed by atoms with Gasteiger partial charge in [-0.1, -0.05) is 0 Å². The van der Waals surface area contributed by atoms with E-state index in [0.717, 1.165) is 37.7 Å². The number of oxazole rings is 1. The molecule has 1 saturated carbocycles. The number of pyridine rings is 1. The second kappa shape index (κ2) is 7.24. The van der Waals surface area contributed by atoms with E-state index in [-0.39, 0.29) is 23.0 Å². The van der Waals surface area contributed by atoms with Crippen LogP contribution in [0.25, 0.3) is 11.0 Å². The molecule has 156 valence electrons. The summed E-state index contributed by atoms with van der Waals surface area (Å²) in [5, 5.41) is 0.845. The minimum absolute atomic E-state index is 0.0801. The number of fused-ring (bicyclic) bond motifs is 1. The van der Waals surface area contributed by atoms with Crippen LogP contribution in [-0.4, -0.2) is 46.3 Å². The van der Waals surface area contributed by atoms with Crippen molar-refractivity contribution in [2.45, 2.75) is 26.2 Å². The van der Waals surface area contributed by atoms with Crippen molar-refractivity contribution in [3.05, 3.63) is 48.1 Å². The Morgan fingerprint density at radius 1 is 1.33 bits per heavy atom. The predicted octanol–water partition coefficient (Wildman–Crippen LogP) is 2.30. The molecule has 3 aromatic rings. The fourth-order valence-corrected chi connectivity index (χ4v) is 4.45. The van der Waals surface area contributed by atoms with Crippen molar-refractivity contribution in [3.8, 4) is 0 Å². The number of hydrogen-bond donors (Lipinski definition) is 2. The third-order valence-corrected chi connectivity index (χ3v) is 6.44. The Kier molecular flexibility index (Phi) is 4.54. The van der Waals surface area contributed by atoms with E-state index in [1.54, 1.807) is 31.5 Å². The predicted molar refractivity (Wildman–Crippen MR) is 106 cm³/mol. The smallest absolute Gasteiger partial charge is 0.301 e. The van der Waals surface area contributed by atoms with Crippen LogP contribution in [0.15, 0.2) is 39.8 Å². The highest BCUT2D eigenvalue weighted by atomic mass is 16.4. The number of rotatable bonds is 5. The number of carbonyl (C=O) groups is 2. The maximum atomic E-state index is 12.6. The monoisotopic (exact) mass is 409 g/mol. The molecule has 30 heavy (non-hydrogen) atoms. The molecule has 2 fully saturated rings. The molecule has 2 aliphatic rings. The van der Waals surface area contributed by atoms with Gasteiger partial charge in [0.25, 0.3) is 5.91 Å². The Labute approximate surface area is 172 Å². The van der Waals surface area contributed by atoms with Gasteiger partial charge in [-0.15, -0.1) is 0 Å². The number of carbonyl (C=O) groups excluding carboxylic acids is 2. The molecule has 1 atom stereocenters. The van der Waals surface area contributed by atoms with Crippen LogP contribution in [0.2, 0.25) is 0 Å². The molecule has 0 radical (unpaired) electrons. The Bertz CT molecular complexity index is 1060. The molecule has 9 nitrogen and oxygen atoms in total. The Morgan fingerprint density at radius 3 is 2.90 bits per heavy atom. The highest BCUT2D eigenvalue weighted by Gasteiger charge is 2.54. The first kappa shape index (κ1) is 18.8. The van der Waals surface area contributed by atoms with Crippen molar-refractivity contribution in [3.63, 3.8) is 0 Å². The number of hydrogen-bond acceptors (Lipinski definition) is 7. The quantitative estimate of drug-likeness (QED) is 0.622. The van der Waals surface area contributed by atoms with Crippen LogP contribution >= 0.6 is 0 Å². The second-order valence-electron chi connectivity index (χ2n) is 8.18. The van der Waals surface area contributed by atoms with E-state index in [2.05, 4.69) is 20.8 Å². The molecule has 1 spiro atoms. The molecule has 1 unspecified atom stereocenters. The normalized spacial score (nSPS) is 19.9. The maximum absolute atomic E-state index is 12.6. The summed E-state index contributed by atoms with van der Waals surface area (Å²) in [6.07, 6.45) is 7.60. The van der Waals surface area contributed by atoms with Gasteiger partial charge < -0.3 is 13.7 Å². The first-order chi connectivity index (χ1) is 14.6. The lowest BCUT2D eigenvalue weighted by Crippen LogP contribution is -2.42. The van der Waals surface area contributed by atoms with Gasteiger partial charge in [-0.2, -0.15) is 0 Å². The van der Waals surface area contributed by atoms with E-state index in [0.29, 0.717) is 29.5 Å². The Morgan fingerprint density at radius 2 is 2.17 bits per heavy atom. The summed E-state index contributed by atoms with van der Waals surface area (Å²) in [6.45, 7) is 3.91. The number of nitrogens with zero attached hydrogens (tertiary/aromatic N) is 3. The molecule has 2 amide bonds. The van der Waals surface area contributed by atoms with Crippen molar-refractivity contribution in [1.29, 1.82) is 0 Å². The van der Waals surface area contributed by atoms with Gasteiger partial charge in [-0.05, 0) is 49.7 Å². The number of nitrogens with one attached hydrogen (secondary N) is 2. The number of hydrazine groups is 1. The number of likely N-dealkylation sites (tertiary alicyclic amines) is 1. The summed E-state index contributed by atoms with van der Waals surface area (Å²) >= 11 is 0. The van der Waals surface area contributed by atoms with Gasteiger partial charge in [0.05, 0.1) is 11.9 Å². The Hall–Kier alpha value is -3.20. The summed E-state index contributed by atoms with van der Waals surface area (Å²) in [6, 6.07) is 3.51. The number of furan rings is 1. The van der Waals surface area contributed by atoms with Crippen LogP contribution in [-0.2, 0) is 0 Å². The molecule has 0 bridgehead atoms. The van der Waals surface area contributed by atoms with Gasteiger partial charge in [0, 0.05) is 31.2 Å². The summed E-state index contributed by atoms with van der Waals surface area (Å²) in [5.74, 6) is 0.698. The number of piperidine rings is 1. The summed E-state index contributed by atoms with van der Waals surface area (Å²) < 4.78 is 10.8. The van der Waals surface area contributed by atoms with Gasteiger partial charge >= 0.3 is 5.91 Å². The lowest BCUT2D eigenvalue weighted by atomic mass is 9.90. The van der Waals surface area contributed by atoms with Crippen molar-refractivity contribution in [2.75, 3.05) is 19.6 Å². The molecular weight excluding hydrogens is 386 g/mol. The second-order valence-corrected chi connectivity index (χ2v) is 8.18. The van der Waals surface area contributed by atoms with E-state index in [1.165, 1.54) is 6.39 Å². The average molecular weight is 409 g/mol. The van der Waals surface area contributed by atoms with Crippen molar-refractivity contribution >= 4 is 22.8 Å². The zero-order valence-electron chi connectivity index (χ0n) is 16.7. The zero-order chi connectivity index (χ0) is 20.7. The molecule has 1 saturated heterocycles. The molecule has 1 aliphatic carbocycles. The van der Waals surface area contributed by atoms with E-state index in [9.17, 15) is 9.59 Å². The maximum Gasteiger partial charge on any atom is 0.301 e. The van der Waals surface area contributed by atoms with Crippen LogP contribution in [0.5, 0.6) is 0 Å². The fourth-order valence-electron chi connectivity index (χ4n) is 4.45. The lowest BCUT2D eigenvalue weighted by Gasteiger charge is -2.32. The summed E-state index contributed by atoms with van der Waals surface area (Å²) in [4.78, 5) is 34.7. The van der Waals surface area contributed by atoms with E-state index in [4.69, 9.17) is 8.83 Å². The van der Waals surface area contributed by atoms with Crippen molar-refractivity contribution in [1.82, 2.24) is 25.7 Å². The largest absolute Gasteiger partial charge is 0.449 e. The van der Waals surface area contributed by atoms with Crippen LogP contribution in [0.3, 0.4) is 0 Å². The van der Waals surface area contributed by atoms with E-state index in [1.807, 2.05) is 4.90 Å². The highest BCUT2D eigenvalue weighted by molar-refractivity contribution is 5.95. The first-order valence-electron chi connectivity index (χ1n) is 10.1. The van der Waals surface area contributed by atoms with Crippen LogP contribution < -0.4 is 10.9 Å². The highest BCUT2D eigenvalue weighted by Crippen LogP contribution is 2.59. The number of aromatic nitrogens is 2. The van der Waals surface area contributed by atoms with Crippen molar-refractivity contribution < 1.29 is 18.4 Å². The SMILES string of the molecule is Cc1ncoc1C(=O)N1CCC2(CC1)CC2CNNC(=O)c1cc2ccncc2o1. The number of aryl methyl sites for hydroxylation is 1. The number of amides is 2. The van der Waals surface area contributed by atoms with Gasteiger partial charge in [0.2, 0.25) is 5.76 Å². The lowest BCUT2D eigenvalue weighted by molar-refractivity contribution is 0.0634. The molecule has 5 rings (SSSR count). The topological polar surface area (TPSA) is 114 Å². The van der Waals surface area contributed by atoms with E-state index >= 15 is 0 Å². The first-order valence-corrected chi connectivity index (χ1v) is 10.1. The van der Waals surface area contributed by atoms with Crippen LogP contribution in [0.1, 0.15) is 46.1 Å². The Balaban J connectivity index is 1.09. The van der Waals surface area contributed by atoms with Crippen LogP contribution in [0.4, 0.5) is 0 Å². The average Bonchev–Trinajstić information content (AvgIpc) is 3.10. The van der Waals surface area contributed by atoms with E-state index < -0.39 is 0 Å². The molecule has 4 heterocycles. The standard InChI is InChI=1S/C21H23N5O4/c1-13-18(29-12-23-13)20(28)26-6-3-21(4-7-26)9-15(21)10-24-25-19(27)16-8-14-2-5-22-11-17(14)30-16/h2,5,8,11-12,15,24H,3-4,6-7,9-10H2,1H3,(H,25,27). The van der Waals surface area contributed by atoms with Crippen LogP contribution in [0, 0.1) is 18.3 Å². The molecular formula is C21H23N5O4. The minimum Gasteiger partial charge on any atom is -0.449 e. The molecule has 1 aliphatic heterocycles. The molecule has 2 N–H and O–H groups in total. The fraction of sp³-hybridized carbons (Fsp3) is 0.429. The third kappa shape index (κ3) is 3.35. The summed E-state index contributed by atoms with van der Waals surface area (Å²) in [7, 11) is 0. The molecule has 3 aromatic heterocycles. The van der Waals surface area contributed by atoms with Gasteiger partial charge in [0.15, 0.2) is 17.7 Å². The third-order valence-electron chi connectivity index (χ3n) is 6.44. The minimum atomic E-state index is -0.302. The summed E-state index contributed by atoms with van der Waals surface area (Å²) in [5.41, 5.74) is 7.24.